The zero-order valence-electron chi connectivity index (χ0n) is 7.27. The molecule has 0 aromatic rings. The number of halogens is 2. The van der Waals surface area contributed by atoms with E-state index in [1.54, 1.807) is 0 Å². The van der Waals surface area contributed by atoms with E-state index in [1.807, 2.05) is 0 Å². The predicted octanol–water partition coefficient (Wildman–Crippen LogP) is -0.202. The van der Waals surface area contributed by atoms with Gasteiger partial charge < -0.3 is 10.2 Å². The molecule has 0 fully saturated rings. The lowest BCUT2D eigenvalue weighted by atomic mass is 10.4. The average Bonchev–Trinajstić information content (AvgIpc) is 2.22. The number of hydrogen-bond donors (Lipinski definition) is 2. The Bertz CT molecular complexity index is 146. The fourth-order valence-corrected chi connectivity index (χ4v) is 1.67. The summed E-state index contributed by atoms with van der Waals surface area (Å²) < 4.78 is 20.4. The lowest BCUT2D eigenvalue weighted by molar-refractivity contribution is 0.0946. The van der Waals surface area contributed by atoms with Crippen LogP contribution in [0.3, 0.4) is 0 Å². The van der Waals surface area contributed by atoms with E-state index in [9.17, 15) is 4.21 Å². The van der Waals surface area contributed by atoms with Crippen molar-refractivity contribution < 1.29 is 22.8 Å². The van der Waals surface area contributed by atoms with Gasteiger partial charge in [-0.3, -0.25) is 8.37 Å². The Morgan fingerprint density at radius 2 is 1.43 bits per heavy atom. The molecule has 5 nitrogen and oxygen atoms in total. The second kappa shape index (κ2) is 8.84. The van der Waals surface area contributed by atoms with E-state index in [-0.39, 0.29) is 25.0 Å². The Kier molecular flexibility index (Phi) is 9.20. The Morgan fingerprint density at radius 3 is 1.64 bits per heavy atom. The topological polar surface area (TPSA) is 76.0 Å². The van der Waals surface area contributed by atoms with Crippen LogP contribution in [-0.4, -0.2) is 51.6 Å². The second-order valence-corrected chi connectivity index (χ2v) is 3.72. The molecule has 2 unspecified atom stereocenters. The quantitative estimate of drug-likeness (QED) is 0.595. The molecule has 0 aliphatic heterocycles. The standard InChI is InChI=1S/C6H12Cl2O5S/c7-1-5(3-9)12-14(11)13-6(2-8)4-10/h5-6,9-10H,1-4H2. The molecule has 2 atom stereocenters. The second-order valence-electron chi connectivity index (χ2n) is 2.31. The van der Waals surface area contributed by atoms with Crippen LogP contribution < -0.4 is 0 Å². The Labute approximate surface area is 94.8 Å². The first-order valence-corrected chi connectivity index (χ1v) is 5.84. The van der Waals surface area contributed by atoms with Crippen LogP contribution in [0, 0.1) is 0 Å². The van der Waals surface area contributed by atoms with Crippen LogP contribution in [0.2, 0.25) is 0 Å². The maximum absolute atomic E-state index is 11.0. The van der Waals surface area contributed by atoms with Gasteiger partial charge in [0.05, 0.1) is 25.0 Å². The lowest BCUT2D eigenvalue weighted by Crippen LogP contribution is -2.26. The molecule has 0 aromatic carbocycles. The third-order valence-corrected chi connectivity index (χ3v) is 2.73. The Hall–Kier alpha value is 0.570. The molecule has 0 rings (SSSR count). The van der Waals surface area contributed by atoms with E-state index in [0.29, 0.717) is 0 Å². The SMILES string of the molecule is O=S(OC(CO)CCl)OC(CO)CCl. The van der Waals surface area contributed by atoms with E-state index in [0.717, 1.165) is 0 Å². The summed E-state index contributed by atoms with van der Waals surface area (Å²) in [5, 5.41) is 17.3. The first-order chi connectivity index (χ1) is 6.67. The molecular weight excluding hydrogens is 255 g/mol. The van der Waals surface area contributed by atoms with Crippen molar-refractivity contribution in [3.05, 3.63) is 0 Å². The predicted molar refractivity (Wildman–Crippen MR) is 53.5 cm³/mol. The zero-order chi connectivity index (χ0) is 11.0. The normalized spacial score (nSPS) is 17.7. The lowest BCUT2D eigenvalue weighted by Gasteiger charge is -2.13. The minimum absolute atomic E-state index is 0.00370. The molecule has 0 amide bonds. The van der Waals surface area contributed by atoms with E-state index in [2.05, 4.69) is 8.37 Å². The van der Waals surface area contributed by atoms with Gasteiger partial charge in [-0.05, 0) is 0 Å². The first-order valence-electron chi connectivity index (χ1n) is 3.77. The van der Waals surface area contributed by atoms with E-state index < -0.39 is 23.6 Å². The largest absolute Gasteiger partial charge is 0.394 e. The van der Waals surface area contributed by atoms with Gasteiger partial charge in [0.15, 0.2) is 0 Å². The molecule has 0 aromatic heterocycles. The number of alkyl halides is 2. The molecule has 0 heterocycles. The molecule has 0 bridgehead atoms. The van der Waals surface area contributed by atoms with Gasteiger partial charge in [-0.15, -0.1) is 23.2 Å². The van der Waals surface area contributed by atoms with Crippen LogP contribution in [0.1, 0.15) is 0 Å². The summed E-state index contributed by atoms with van der Waals surface area (Å²) in [5.41, 5.74) is 0. The number of rotatable bonds is 8. The zero-order valence-corrected chi connectivity index (χ0v) is 9.59. The van der Waals surface area contributed by atoms with Gasteiger partial charge >= 0.3 is 11.4 Å². The van der Waals surface area contributed by atoms with Crippen molar-refractivity contribution in [2.45, 2.75) is 12.2 Å². The molecule has 0 saturated heterocycles. The van der Waals surface area contributed by atoms with Gasteiger partial charge in [0.2, 0.25) is 0 Å². The van der Waals surface area contributed by atoms with Crippen molar-refractivity contribution in [2.75, 3.05) is 25.0 Å². The molecule has 0 radical (unpaired) electrons. The summed E-state index contributed by atoms with van der Waals surface area (Å²) in [6.45, 7) is -0.716. The van der Waals surface area contributed by atoms with Crippen LogP contribution in [0.25, 0.3) is 0 Å². The fourth-order valence-electron chi connectivity index (χ4n) is 0.455. The molecule has 8 heteroatoms. The van der Waals surface area contributed by atoms with Crippen molar-refractivity contribution in [3.8, 4) is 0 Å². The van der Waals surface area contributed by atoms with Crippen LogP contribution >= 0.6 is 23.2 Å². The van der Waals surface area contributed by atoms with Gasteiger partial charge in [-0.1, -0.05) is 0 Å². The molecule has 0 saturated carbocycles. The van der Waals surface area contributed by atoms with Crippen LogP contribution in [0.4, 0.5) is 0 Å². The number of aliphatic hydroxyl groups is 2. The van der Waals surface area contributed by atoms with Crippen LogP contribution in [0.5, 0.6) is 0 Å². The molecule has 0 aliphatic rings. The minimum atomic E-state index is -2.07. The molecule has 2 N–H and O–H groups in total. The number of aliphatic hydroxyl groups excluding tert-OH is 2. The van der Waals surface area contributed by atoms with Gasteiger partial charge in [-0.25, -0.2) is 0 Å². The van der Waals surface area contributed by atoms with Gasteiger partial charge in [0.25, 0.3) is 0 Å². The summed E-state index contributed by atoms with van der Waals surface area (Å²) in [4.78, 5) is 0. The van der Waals surface area contributed by atoms with E-state index in [1.165, 1.54) is 0 Å². The highest BCUT2D eigenvalue weighted by molar-refractivity contribution is 7.75. The van der Waals surface area contributed by atoms with E-state index in [4.69, 9.17) is 33.4 Å². The molecular formula is C6H12Cl2O5S. The first kappa shape index (κ1) is 14.6. The molecule has 0 spiro atoms. The van der Waals surface area contributed by atoms with Gasteiger partial charge in [-0.2, -0.15) is 4.21 Å². The number of hydrogen-bond acceptors (Lipinski definition) is 5. The summed E-state index contributed by atoms with van der Waals surface area (Å²) in [7, 11) is 0. The summed E-state index contributed by atoms with van der Waals surface area (Å²) in [5.74, 6) is -0.00741. The highest BCUT2D eigenvalue weighted by atomic mass is 35.5. The maximum Gasteiger partial charge on any atom is 0.305 e. The smallest absolute Gasteiger partial charge is 0.305 e. The van der Waals surface area contributed by atoms with Crippen molar-refractivity contribution in [2.24, 2.45) is 0 Å². The monoisotopic (exact) mass is 266 g/mol. The highest BCUT2D eigenvalue weighted by Crippen LogP contribution is 2.04. The summed E-state index contributed by atoms with van der Waals surface area (Å²) in [6, 6.07) is 0. The van der Waals surface area contributed by atoms with Crippen molar-refractivity contribution in [1.82, 2.24) is 0 Å². The van der Waals surface area contributed by atoms with Gasteiger partial charge in [0.1, 0.15) is 12.2 Å². The fraction of sp³-hybridized carbons (Fsp3) is 1.00. The van der Waals surface area contributed by atoms with Gasteiger partial charge in [0, 0.05) is 0 Å². The van der Waals surface area contributed by atoms with Crippen LogP contribution in [0.15, 0.2) is 0 Å². The Morgan fingerprint density at radius 1 is 1.07 bits per heavy atom. The molecule has 0 aliphatic carbocycles. The summed E-state index contributed by atoms with van der Waals surface area (Å²) in [6.07, 6.45) is -1.51. The van der Waals surface area contributed by atoms with Crippen molar-refractivity contribution in [1.29, 1.82) is 0 Å². The highest BCUT2D eigenvalue weighted by Gasteiger charge is 2.16. The molecule has 14 heavy (non-hydrogen) atoms. The van der Waals surface area contributed by atoms with Crippen LogP contribution in [-0.2, 0) is 19.7 Å². The van der Waals surface area contributed by atoms with E-state index >= 15 is 0 Å². The molecule has 86 valence electrons. The summed E-state index contributed by atoms with van der Waals surface area (Å²) >= 11 is 8.66. The third kappa shape index (κ3) is 6.13. The van der Waals surface area contributed by atoms with Crippen molar-refractivity contribution in [3.63, 3.8) is 0 Å². The average molecular weight is 267 g/mol. The third-order valence-electron chi connectivity index (χ3n) is 1.18. The Balaban J connectivity index is 3.83. The maximum atomic E-state index is 11.0. The van der Waals surface area contributed by atoms with Crippen molar-refractivity contribution >= 4 is 34.6 Å². The minimum Gasteiger partial charge on any atom is -0.394 e.